The Morgan fingerprint density at radius 3 is 2.77 bits per heavy atom. The maximum absolute atomic E-state index is 5.52. The van der Waals surface area contributed by atoms with E-state index in [1.807, 2.05) is 19.1 Å². The number of pyridine rings is 1. The molecule has 0 atom stereocenters. The van der Waals surface area contributed by atoms with Gasteiger partial charge in [0, 0.05) is 0 Å². The number of nitrogens with zero attached hydrogens (tertiary/aromatic N) is 2. The van der Waals surface area contributed by atoms with Crippen LogP contribution in [0.25, 0.3) is 11.6 Å². The lowest BCUT2D eigenvalue weighted by molar-refractivity contribution is 0.571. The van der Waals surface area contributed by atoms with Crippen LogP contribution >= 0.6 is 0 Å². The van der Waals surface area contributed by atoms with Gasteiger partial charge in [0.05, 0.1) is 5.69 Å². The van der Waals surface area contributed by atoms with Crippen LogP contribution < -0.4 is 5.73 Å². The average Bonchev–Trinajstić information content (AvgIpc) is 2.52. The first-order chi connectivity index (χ1) is 6.25. The van der Waals surface area contributed by atoms with Crippen LogP contribution in [0, 0.1) is 6.92 Å². The highest BCUT2D eigenvalue weighted by molar-refractivity contribution is 5.50. The molecule has 0 aliphatic heterocycles. The van der Waals surface area contributed by atoms with Gasteiger partial charge >= 0.3 is 0 Å². The van der Waals surface area contributed by atoms with Crippen molar-refractivity contribution >= 4 is 5.82 Å². The summed E-state index contributed by atoms with van der Waals surface area (Å²) in [5.41, 5.74) is 7.02. The minimum Gasteiger partial charge on any atom is -0.443 e. The Morgan fingerprint density at radius 1 is 1.31 bits per heavy atom. The van der Waals surface area contributed by atoms with Gasteiger partial charge in [-0.05, 0) is 19.1 Å². The van der Waals surface area contributed by atoms with E-state index in [9.17, 15) is 0 Å². The van der Waals surface area contributed by atoms with Gasteiger partial charge in [0.15, 0.2) is 0 Å². The van der Waals surface area contributed by atoms with Gasteiger partial charge in [-0.3, -0.25) is 0 Å². The lowest BCUT2D eigenvalue weighted by atomic mass is 10.3. The molecule has 2 aromatic rings. The van der Waals surface area contributed by atoms with E-state index >= 15 is 0 Å². The fourth-order valence-electron chi connectivity index (χ4n) is 1.04. The molecule has 0 spiro atoms. The zero-order valence-corrected chi connectivity index (χ0v) is 7.19. The number of hydrogen-bond donors (Lipinski definition) is 1. The lowest BCUT2D eigenvalue weighted by Gasteiger charge is -1.94. The summed E-state index contributed by atoms with van der Waals surface area (Å²) in [4.78, 5) is 8.22. The van der Waals surface area contributed by atoms with E-state index in [0.717, 1.165) is 5.69 Å². The number of nitrogens with two attached hydrogens (primary N) is 1. The van der Waals surface area contributed by atoms with E-state index in [2.05, 4.69) is 9.97 Å². The Labute approximate surface area is 75.4 Å². The first-order valence-electron chi connectivity index (χ1n) is 3.91. The van der Waals surface area contributed by atoms with Crippen LogP contribution in [-0.2, 0) is 0 Å². The largest absolute Gasteiger partial charge is 0.443 e. The quantitative estimate of drug-likeness (QED) is 0.715. The van der Waals surface area contributed by atoms with Crippen molar-refractivity contribution in [1.82, 2.24) is 9.97 Å². The molecule has 66 valence electrons. The zero-order valence-electron chi connectivity index (χ0n) is 7.19. The molecule has 2 heterocycles. The predicted octanol–water partition coefficient (Wildman–Crippen LogP) is 1.63. The van der Waals surface area contributed by atoms with Crippen LogP contribution in [-0.4, -0.2) is 9.97 Å². The minimum absolute atomic E-state index is 0.466. The molecule has 2 aromatic heterocycles. The molecule has 2 rings (SSSR count). The highest BCUT2D eigenvalue weighted by Crippen LogP contribution is 2.16. The first kappa shape index (κ1) is 7.79. The number of nitrogen functional groups attached to an aromatic ring is 1. The van der Waals surface area contributed by atoms with Crippen molar-refractivity contribution in [1.29, 1.82) is 0 Å². The highest BCUT2D eigenvalue weighted by atomic mass is 16.3. The molecule has 0 amide bonds. The molecule has 0 aliphatic rings. The second kappa shape index (κ2) is 2.90. The van der Waals surface area contributed by atoms with Crippen molar-refractivity contribution in [3.05, 3.63) is 30.2 Å². The molecular formula is C9H9N3O. The van der Waals surface area contributed by atoms with Crippen LogP contribution in [0.5, 0.6) is 0 Å². The molecule has 4 nitrogen and oxygen atoms in total. The summed E-state index contributed by atoms with van der Waals surface area (Å²) in [6.07, 6.45) is 1.58. The summed E-state index contributed by atoms with van der Waals surface area (Å²) in [7, 11) is 0. The van der Waals surface area contributed by atoms with Crippen molar-refractivity contribution in [3.63, 3.8) is 0 Å². The van der Waals surface area contributed by atoms with Crippen LogP contribution in [0.4, 0.5) is 5.82 Å². The van der Waals surface area contributed by atoms with E-state index in [-0.39, 0.29) is 0 Å². The third kappa shape index (κ3) is 1.51. The maximum Gasteiger partial charge on any atom is 0.245 e. The molecule has 0 unspecified atom stereocenters. The molecule has 0 aromatic carbocycles. The fraction of sp³-hybridized carbons (Fsp3) is 0.111. The lowest BCUT2D eigenvalue weighted by Crippen LogP contribution is -1.91. The van der Waals surface area contributed by atoms with Gasteiger partial charge in [-0.1, -0.05) is 6.07 Å². The molecule has 13 heavy (non-hydrogen) atoms. The Hall–Kier alpha value is -1.84. The van der Waals surface area contributed by atoms with E-state index < -0.39 is 0 Å². The Kier molecular flexibility index (Phi) is 1.73. The van der Waals surface area contributed by atoms with Crippen molar-refractivity contribution in [3.8, 4) is 11.6 Å². The number of oxazole rings is 1. The summed E-state index contributed by atoms with van der Waals surface area (Å²) in [5, 5.41) is 0. The Bertz CT molecular complexity index is 422. The maximum atomic E-state index is 5.52. The molecular weight excluding hydrogens is 166 g/mol. The second-order valence-corrected chi connectivity index (χ2v) is 2.74. The normalized spacial score (nSPS) is 10.2. The van der Waals surface area contributed by atoms with Crippen molar-refractivity contribution < 1.29 is 4.42 Å². The number of aromatic nitrogens is 2. The van der Waals surface area contributed by atoms with Crippen molar-refractivity contribution in [2.24, 2.45) is 0 Å². The smallest absolute Gasteiger partial charge is 0.245 e. The van der Waals surface area contributed by atoms with Gasteiger partial charge in [0.2, 0.25) is 5.89 Å². The van der Waals surface area contributed by atoms with E-state index in [1.165, 1.54) is 0 Å². The SMILES string of the molecule is Cc1coc(-c2cccc(N)n2)n1. The van der Waals surface area contributed by atoms with Gasteiger partial charge in [-0.25, -0.2) is 9.97 Å². The average molecular weight is 175 g/mol. The summed E-state index contributed by atoms with van der Waals surface area (Å²) < 4.78 is 5.18. The third-order valence-electron chi connectivity index (χ3n) is 1.61. The summed E-state index contributed by atoms with van der Waals surface area (Å²) >= 11 is 0. The van der Waals surface area contributed by atoms with E-state index in [4.69, 9.17) is 10.2 Å². The standard InChI is InChI=1S/C9H9N3O/c1-6-5-13-9(11-6)7-3-2-4-8(10)12-7/h2-5H,1H3,(H2,10,12). The summed E-state index contributed by atoms with van der Waals surface area (Å²) in [5.74, 6) is 0.971. The summed E-state index contributed by atoms with van der Waals surface area (Å²) in [6, 6.07) is 5.35. The monoisotopic (exact) mass is 175 g/mol. The molecule has 0 saturated heterocycles. The van der Waals surface area contributed by atoms with Gasteiger partial charge < -0.3 is 10.2 Å². The highest BCUT2D eigenvalue weighted by Gasteiger charge is 2.05. The van der Waals surface area contributed by atoms with E-state index in [1.54, 1.807) is 12.3 Å². The number of aryl methyl sites for hydroxylation is 1. The molecule has 4 heteroatoms. The topological polar surface area (TPSA) is 64.9 Å². The first-order valence-corrected chi connectivity index (χ1v) is 3.91. The molecule has 0 aliphatic carbocycles. The number of hydrogen-bond acceptors (Lipinski definition) is 4. The van der Waals surface area contributed by atoms with Gasteiger partial charge in [-0.2, -0.15) is 0 Å². The van der Waals surface area contributed by atoms with Crippen molar-refractivity contribution in [2.75, 3.05) is 5.73 Å². The number of rotatable bonds is 1. The van der Waals surface area contributed by atoms with Crippen LogP contribution in [0.2, 0.25) is 0 Å². The van der Waals surface area contributed by atoms with Crippen LogP contribution in [0.15, 0.2) is 28.9 Å². The molecule has 0 saturated carbocycles. The molecule has 0 bridgehead atoms. The van der Waals surface area contributed by atoms with Gasteiger partial charge in [0.25, 0.3) is 0 Å². The molecule has 2 N–H and O–H groups in total. The third-order valence-corrected chi connectivity index (χ3v) is 1.61. The van der Waals surface area contributed by atoms with Crippen molar-refractivity contribution in [2.45, 2.75) is 6.92 Å². The predicted molar refractivity (Wildman–Crippen MR) is 48.9 cm³/mol. The zero-order chi connectivity index (χ0) is 9.26. The molecule has 0 radical (unpaired) electrons. The number of anilines is 1. The summed E-state index contributed by atoms with van der Waals surface area (Å²) in [6.45, 7) is 1.86. The molecule has 0 fully saturated rings. The Balaban J connectivity index is 2.46. The second-order valence-electron chi connectivity index (χ2n) is 2.74. The fourth-order valence-corrected chi connectivity index (χ4v) is 1.04. The van der Waals surface area contributed by atoms with Gasteiger partial charge in [0.1, 0.15) is 17.8 Å². The van der Waals surface area contributed by atoms with Gasteiger partial charge in [-0.15, -0.1) is 0 Å². The Morgan fingerprint density at radius 2 is 2.15 bits per heavy atom. The van der Waals surface area contributed by atoms with Crippen LogP contribution in [0.1, 0.15) is 5.69 Å². The van der Waals surface area contributed by atoms with E-state index in [0.29, 0.717) is 17.4 Å². The van der Waals surface area contributed by atoms with Crippen LogP contribution in [0.3, 0.4) is 0 Å². The minimum atomic E-state index is 0.466.